The van der Waals surface area contributed by atoms with Crippen molar-refractivity contribution in [3.63, 3.8) is 0 Å². The fourth-order valence-electron chi connectivity index (χ4n) is 2.90. The zero-order valence-corrected chi connectivity index (χ0v) is 11.2. The first kappa shape index (κ1) is 14.3. The smallest absolute Gasteiger partial charge is 0.329 e. The quantitative estimate of drug-likeness (QED) is 0.771. The van der Waals surface area contributed by atoms with Crippen molar-refractivity contribution in [2.24, 2.45) is 0 Å². The monoisotopic (exact) mass is 270 g/mol. The Bertz CT molecular complexity index is 329. The molecular formula is C13H22N2O4. The van der Waals surface area contributed by atoms with E-state index in [-0.39, 0.29) is 12.5 Å². The highest BCUT2D eigenvalue weighted by Gasteiger charge is 2.29. The molecule has 0 aromatic carbocycles. The summed E-state index contributed by atoms with van der Waals surface area (Å²) >= 11 is 0. The van der Waals surface area contributed by atoms with E-state index in [0.717, 1.165) is 39.0 Å². The Balaban J connectivity index is 1.76. The summed E-state index contributed by atoms with van der Waals surface area (Å²) in [6.45, 7) is 3.27. The van der Waals surface area contributed by atoms with Crippen LogP contribution in [0.2, 0.25) is 0 Å². The third-order valence-corrected chi connectivity index (χ3v) is 3.86. The van der Waals surface area contributed by atoms with E-state index in [4.69, 9.17) is 9.84 Å². The number of hydrogen-bond acceptors (Lipinski definition) is 4. The number of rotatable bonds is 5. The number of nitrogens with zero attached hydrogens (tertiary/aromatic N) is 2. The molecule has 0 spiro atoms. The highest BCUT2D eigenvalue weighted by atomic mass is 16.5. The molecule has 1 atom stereocenters. The number of likely N-dealkylation sites (tertiary alicyclic amines) is 2. The second-order valence-electron chi connectivity index (χ2n) is 5.27. The summed E-state index contributed by atoms with van der Waals surface area (Å²) in [5.74, 6) is -1.13. The molecule has 1 amide bonds. The van der Waals surface area contributed by atoms with E-state index in [1.54, 1.807) is 0 Å². The van der Waals surface area contributed by atoms with E-state index in [9.17, 15) is 9.59 Å². The number of carboxylic acid groups (broad SMARTS) is 1. The molecule has 2 aliphatic heterocycles. The van der Waals surface area contributed by atoms with Gasteiger partial charge in [-0.1, -0.05) is 0 Å². The predicted octanol–water partition coefficient (Wildman–Crippen LogP) is 0.174. The van der Waals surface area contributed by atoms with Gasteiger partial charge in [0.15, 0.2) is 0 Å². The zero-order chi connectivity index (χ0) is 13.7. The summed E-state index contributed by atoms with van der Waals surface area (Å²) in [6.07, 6.45) is 4.68. The number of amides is 1. The first-order valence-corrected chi connectivity index (χ1v) is 6.98. The number of hydrogen-bond donors (Lipinski definition) is 1. The van der Waals surface area contributed by atoms with Crippen LogP contribution in [0.25, 0.3) is 0 Å². The summed E-state index contributed by atoms with van der Waals surface area (Å²) in [6, 6.07) is 0.472. The molecule has 6 heteroatoms. The van der Waals surface area contributed by atoms with Crippen LogP contribution >= 0.6 is 0 Å². The van der Waals surface area contributed by atoms with Crippen molar-refractivity contribution in [1.29, 1.82) is 0 Å². The molecule has 2 fully saturated rings. The normalized spacial score (nSPS) is 24.6. The number of piperidine rings is 1. The van der Waals surface area contributed by atoms with Crippen molar-refractivity contribution in [3.05, 3.63) is 0 Å². The van der Waals surface area contributed by atoms with Crippen LogP contribution < -0.4 is 0 Å². The van der Waals surface area contributed by atoms with Crippen LogP contribution in [0.5, 0.6) is 0 Å². The Labute approximate surface area is 113 Å². The van der Waals surface area contributed by atoms with Crippen molar-refractivity contribution in [3.8, 4) is 0 Å². The zero-order valence-electron chi connectivity index (χ0n) is 11.2. The third kappa shape index (κ3) is 4.18. The molecule has 2 saturated heterocycles. The molecule has 2 aliphatic rings. The molecule has 0 aromatic rings. The fraction of sp³-hybridized carbons (Fsp3) is 0.846. The van der Waals surface area contributed by atoms with Gasteiger partial charge in [0, 0.05) is 19.1 Å². The second kappa shape index (κ2) is 6.86. The summed E-state index contributed by atoms with van der Waals surface area (Å²) in [5.41, 5.74) is 0. The number of carbonyl (C=O) groups is 2. The van der Waals surface area contributed by atoms with Gasteiger partial charge in [0.1, 0.15) is 13.2 Å². The Morgan fingerprint density at radius 2 is 1.84 bits per heavy atom. The van der Waals surface area contributed by atoms with Gasteiger partial charge in [0.05, 0.1) is 0 Å². The fourth-order valence-corrected chi connectivity index (χ4v) is 2.90. The maximum absolute atomic E-state index is 11.9. The van der Waals surface area contributed by atoms with Crippen molar-refractivity contribution in [1.82, 2.24) is 9.80 Å². The molecule has 0 aliphatic carbocycles. The first-order chi connectivity index (χ1) is 9.16. The number of ether oxygens (including phenoxy) is 1. The minimum Gasteiger partial charge on any atom is -0.480 e. The summed E-state index contributed by atoms with van der Waals surface area (Å²) in [5, 5.41) is 8.47. The van der Waals surface area contributed by atoms with E-state index in [2.05, 4.69) is 4.90 Å². The maximum Gasteiger partial charge on any atom is 0.329 e. The van der Waals surface area contributed by atoms with E-state index >= 15 is 0 Å². The van der Waals surface area contributed by atoms with Gasteiger partial charge >= 0.3 is 5.97 Å². The molecular weight excluding hydrogens is 248 g/mol. The molecule has 2 heterocycles. The van der Waals surface area contributed by atoms with Gasteiger partial charge < -0.3 is 14.7 Å². The largest absolute Gasteiger partial charge is 0.480 e. The Hall–Kier alpha value is -1.14. The van der Waals surface area contributed by atoms with Crippen molar-refractivity contribution >= 4 is 11.9 Å². The summed E-state index contributed by atoms with van der Waals surface area (Å²) in [4.78, 5) is 26.5. The second-order valence-corrected chi connectivity index (χ2v) is 5.27. The average molecular weight is 270 g/mol. The topological polar surface area (TPSA) is 70.1 Å². The Morgan fingerprint density at radius 3 is 2.53 bits per heavy atom. The van der Waals surface area contributed by atoms with Crippen molar-refractivity contribution in [2.75, 3.05) is 39.4 Å². The van der Waals surface area contributed by atoms with Crippen LogP contribution in [0.4, 0.5) is 0 Å². The maximum atomic E-state index is 11.9. The SMILES string of the molecule is O=C(O)COCC(=O)N1CCCC(N2CCCC2)C1. The van der Waals surface area contributed by atoms with Gasteiger partial charge in [-0.05, 0) is 38.8 Å². The van der Waals surface area contributed by atoms with Gasteiger partial charge in [0.2, 0.25) is 5.91 Å². The van der Waals surface area contributed by atoms with Gasteiger partial charge in [-0.3, -0.25) is 9.69 Å². The highest BCUT2D eigenvalue weighted by Crippen LogP contribution is 2.20. The van der Waals surface area contributed by atoms with Gasteiger partial charge in [-0.15, -0.1) is 0 Å². The number of carboxylic acids is 1. The van der Waals surface area contributed by atoms with Crippen LogP contribution in [0, 0.1) is 0 Å². The summed E-state index contributed by atoms with van der Waals surface area (Å²) in [7, 11) is 0. The Kier molecular flexibility index (Phi) is 5.15. The standard InChI is InChI=1S/C13H22N2O4/c16-12(9-19-10-13(17)18)15-7-3-4-11(8-15)14-5-1-2-6-14/h11H,1-10H2,(H,17,18). The molecule has 0 aromatic heterocycles. The average Bonchev–Trinajstić information content (AvgIpc) is 2.92. The van der Waals surface area contributed by atoms with Crippen LogP contribution in [-0.4, -0.2) is 72.2 Å². The molecule has 0 radical (unpaired) electrons. The molecule has 2 rings (SSSR count). The first-order valence-electron chi connectivity index (χ1n) is 6.98. The van der Waals surface area contributed by atoms with Crippen molar-refractivity contribution in [2.45, 2.75) is 31.7 Å². The van der Waals surface area contributed by atoms with Crippen LogP contribution in [0.3, 0.4) is 0 Å². The Morgan fingerprint density at radius 1 is 1.11 bits per heavy atom. The van der Waals surface area contributed by atoms with E-state index in [0.29, 0.717) is 6.04 Å². The van der Waals surface area contributed by atoms with Gasteiger partial charge in [-0.25, -0.2) is 4.79 Å². The lowest BCUT2D eigenvalue weighted by Gasteiger charge is -2.37. The number of carbonyl (C=O) groups excluding carboxylic acids is 1. The molecule has 0 bridgehead atoms. The van der Waals surface area contributed by atoms with Crippen LogP contribution in [-0.2, 0) is 14.3 Å². The molecule has 1 N–H and O–H groups in total. The summed E-state index contributed by atoms with van der Waals surface area (Å²) < 4.78 is 4.87. The minimum absolute atomic E-state index is 0.0925. The molecule has 1 unspecified atom stereocenters. The van der Waals surface area contributed by atoms with E-state index < -0.39 is 12.6 Å². The molecule has 108 valence electrons. The number of aliphatic carboxylic acids is 1. The molecule has 19 heavy (non-hydrogen) atoms. The predicted molar refractivity (Wildman–Crippen MR) is 68.9 cm³/mol. The minimum atomic E-state index is -1.04. The highest BCUT2D eigenvalue weighted by molar-refractivity contribution is 5.78. The lowest BCUT2D eigenvalue weighted by atomic mass is 10.0. The van der Waals surface area contributed by atoms with Crippen molar-refractivity contribution < 1.29 is 19.4 Å². The molecule has 0 saturated carbocycles. The van der Waals surface area contributed by atoms with E-state index in [1.807, 2.05) is 4.90 Å². The van der Waals surface area contributed by atoms with E-state index in [1.165, 1.54) is 12.8 Å². The lowest BCUT2D eigenvalue weighted by molar-refractivity contribution is -0.146. The van der Waals surface area contributed by atoms with Crippen LogP contribution in [0.1, 0.15) is 25.7 Å². The van der Waals surface area contributed by atoms with Crippen LogP contribution in [0.15, 0.2) is 0 Å². The van der Waals surface area contributed by atoms with Gasteiger partial charge in [-0.2, -0.15) is 0 Å². The molecule has 6 nitrogen and oxygen atoms in total. The lowest BCUT2D eigenvalue weighted by Crippen LogP contribution is -2.49. The van der Waals surface area contributed by atoms with Gasteiger partial charge in [0.25, 0.3) is 0 Å². The third-order valence-electron chi connectivity index (χ3n) is 3.86.